The maximum Gasteiger partial charge on any atom is 0.187 e. The summed E-state index contributed by atoms with van der Waals surface area (Å²) in [4.78, 5) is 0. The normalized spacial score (nSPS) is 16.3. The van der Waals surface area contributed by atoms with E-state index < -0.39 is 46.6 Å². The standard InChI is InChI=1S/C21H12F6N2/c22-13-5-1-11(2-6-13)17-10-18(12-3-7-14(23)8-4-12)29(28-17)21-19(26)15(24)9-16(25)20(21)27/h1-9,18H,10H2/t18-/m1/s1. The van der Waals surface area contributed by atoms with E-state index in [4.69, 9.17) is 0 Å². The number of anilines is 1. The van der Waals surface area contributed by atoms with Gasteiger partial charge in [-0.25, -0.2) is 26.3 Å². The molecule has 3 aromatic rings. The number of benzene rings is 3. The van der Waals surface area contributed by atoms with Gasteiger partial charge in [0, 0.05) is 12.5 Å². The topological polar surface area (TPSA) is 15.6 Å². The molecule has 4 rings (SSSR count). The molecule has 0 aliphatic carbocycles. The van der Waals surface area contributed by atoms with Crippen molar-refractivity contribution < 1.29 is 26.3 Å². The van der Waals surface area contributed by atoms with Gasteiger partial charge in [0.2, 0.25) is 0 Å². The van der Waals surface area contributed by atoms with Crippen LogP contribution in [0.25, 0.3) is 0 Å². The first-order valence-electron chi connectivity index (χ1n) is 8.56. The second-order valence-electron chi connectivity index (χ2n) is 6.49. The smallest absolute Gasteiger partial charge is 0.187 e. The van der Waals surface area contributed by atoms with Gasteiger partial charge in [0.15, 0.2) is 23.3 Å². The summed E-state index contributed by atoms with van der Waals surface area (Å²) in [6.07, 6.45) is 0.0915. The van der Waals surface area contributed by atoms with Gasteiger partial charge in [-0.3, -0.25) is 5.01 Å². The summed E-state index contributed by atoms with van der Waals surface area (Å²) in [6.45, 7) is 0. The maximum absolute atomic E-state index is 14.4. The first-order chi connectivity index (χ1) is 13.8. The SMILES string of the molecule is Fc1ccc(C2=NN(c3c(F)c(F)cc(F)c3F)[C@@H](c3ccc(F)cc3)C2)cc1. The molecule has 0 spiro atoms. The summed E-state index contributed by atoms with van der Waals surface area (Å²) < 4.78 is 82.9. The molecule has 1 aliphatic rings. The minimum atomic E-state index is -1.60. The molecule has 0 amide bonds. The zero-order valence-corrected chi connectivity index (χ0v) is 14.6. The van der Waals surface area contributed by atoms with Crippen molar-refractivity contribution in [2.75, 3.05) is 5.01 Å². The lowest BCUT2D eigenvalue weighted by Gasteiger charge is -2.25. The first-order valence-corrected chi connectivity index (χ1v) is 8.56. The Bertz CT molecular complexity index is 1070. The van der Waals surface area contributed by atoms with Crippen molar-refractivity contribution in [3.8, 4) is 0 Å². The summed E-state index contributed by atoms with van der Waals surface area (Å²) in [5.74, 6) is -7.33. The van der Waals surface area contributed by atoms with Gasteiger partial charge in [0.05, 0.1) is 11.8 Å². The molecule has 8 heteroatoms. The molecule has 0 aromatic heterocycles. The minimum absolute atomic E-state index is 0.0915. The van der Waals surface area contributed by atoms with Crippen LogP contribution in [0.4, 0.5) is 32.0 Å². The lowest BCUT2D eigenvalue weighted by molar-refractivity contribution is 0.448. The monoisotopic (exact) mass is 406 g/mol. The third-order valence-corrected chi connectivity index (χ3v) is 4.66. The molecule has 3 aromatic carbocycles. The number of hydrogen-bond acceptors (Lipinski definition) is 2. The summed E-state index contributed by atoms with van der Waals surface area (Å²) in [5.41, 5.74) is 0.228. The molecule has 2 nitrogen and oxygen atoms in total. The second kappa shape index (κ2) is 7.27. The summed E-state index contributed by atoms with van der Waals surface area (Å²) in [7, 11) is 0. The van der Waals surface area contributed by atoms with Crippen molar-refractivity contribution in [3.05, 3.63) is 101 Å². The van der Waals surface area contributed by atoms with Crippen LogP contribution in [0.5, 0.6) is 0 Å². The van der Waals surface area contributed by atoms with Gasteiger partial charge >= 0.3 is 0 Å². The molecule has 0 saturated carbocycles. The molecule has 29 heavy (non-hydrogen) atoms. The van der Waals surface area contributed by atoms with E-state index in [1.807, 2.05) is 0 Å². The van der Waals surface area contributed by atoms with E-state index in [-0.39, 0.29) is 12.5 Å². The Balaban J connectivity index is 1.86. The predicted octanol–water partition coefficient (Wildman–Crippen LogP) is 5.88. The Hall–Kier alpha value is -3.29. The molecule has 0 N–H and O–H groups in total. The van der Waals surface area contributed by atoms with E-state index in [1.165, 1.54) is 36.4 Å². The van der Waals surface area contributed by atoms with Crippen molar-refractivity contribution in [2.45, 2.75) is 12.5 Å². The van der Waals surface area contributed by atoms with Crippen LogP contribution >= 0.6 is 0 Å². The molecule has 0 radical (unpaired) electrons. The van der Waals surface area contributed by atoms with Crippen LogP contribution in [0.1, 0.15) is 23.6 Å². The molecule has 0 fully saturated rings. The van der Waals surface area contributed by atoms with E-state index in [1.54, 1.807) is 0 Å². The molecule has 0 unspecified atom stereocenters. The Morgan fingerprint density at radius 2 is 1.24 bits per heavy atom. The Morgan fingerprint density at radius 3 is 1.79 bits per heavy atom. The van der Waals surface area contributed by atoms with Crippen molar-refractivity contribution >= 4 is 11.4 Å². The number of nitrogens with zero attached hydrogens (tertiary/aromatic N) is 2. The van der Waals surface area contributed by atoms with E-state index in [0.29, 0.717) is 16.8 Å². The van der Waals surface area contributed by atoms with Gasteiger partial charge in [-0.05, 0) is 35.4 Å². The lowest BCUT2D eigenvalue weighted by Crippen LogP contribution is -2.22. The largest absolute Gasteiger partial charge is 0.251 e. The third-order valence-electron chi connectivity index (χ3n) is 4.66. The molecule has 148 valence electrons. The minimum Gasteiger partial charge on any atom is -0.251 e. The zero-order chi connectivity index (χ0) is 20.7. The lowest BCUT2D eigenvalue weighted by atomic mass is 9.98. The van der Waals surface area contributed by atoms with Crippen LogP contribution in [0.3, 0.4) is 0 Å². The van der Waals surface area contributed by atoms with E-state index >= 15 is 0 Å². The molecular formula is C21H12F6N2. The number of hydrazone groups is 1. The highest BCUT2D eigenvalue weighted by Gasteiger charge is 2.35. The fourth-order valence-electron chi connectivity index (χ4n) is 3.24. The second-order valence-corrected chi connectivity index (χ2v) is 6.49. The van der Waals surface area contributed by atoms with Crippen LogP contribution in [-0.2, 0) is 0 Å². The predicted molar refractivity (Wildman–Crippen MR) is 95.4 cm³/mol. The number of rotatable bonds is 3. The van der Waals surface area contributed by atoms with Crippen LogP contribution in [-0.4, -0.2) is 5.71 Å². The fraction of sp³-hybridized carbons (Fsp3) is 0.0952. The third kappa shape index (κ3) is 3.46. The number of hydrogen-bond donors (Lipinski definition) is 0. The van der Waals surface area contributed by atoms with Crippen molar-refractivity contribution in [3.63, 3.8) is 0 Å². The average Bonchev–Trinajstić information content (AvgIpc) is 3.13. The fourth-order valence-corrected chi connectivity index (χ4v) is 3.24. The molecule has 0 bridgehead atoms. The van der Waals surface area contributed by atoms with E-state index in [2.05, 4.69) is 5.10 Å². The summed E-state index contributed by atoms with van der Waals surface area (Å²) >= 11 is 0. The van der Waals surface area contributed by atoms with E-state index in [9.17, 15) is 26.3 Å². The quantitative estimate of drug-likeness (QED) is 0.392. The molecule has 1 aliphatic heterocycles. The highest BCUT2D eigenvalue weighted by atomic mass is 19.2. The van der Waals surface area contributed by atoms with Gasteiger partial charge < -0.3 is 0 Å². The highest BCUT2D eigenvalue weighted by Crippen LogP contribution is 2.40. The van der Waals surface area contributed by atoms with Gasteiger partial charge in [-0.1, -0.05) is 24.3 Å². The van der Waals surface area contributed by atoms with Crippen LogP contribution < -0.4 is 5.01 Å². The Kier molecular flexibility index (Phi) is 4.77. The van der Waals surface area contributed by atoms with Crippen molar-refractivity contribution in [1.29, 1.82) is 0 Å². The maximum atomic E-state index is 14.4. The summed E-state index contributed by atoms with van der Waals surface area (Å²) in [6, 6.07) is 9.58. The molecule has 0 saturated heterocycles. The van der Waals surface area contributed by atoms with Gasteiger partial charge in [-0.2, -0.15) is 5.10 Å². The molecule has 1 heterocycles. The van der Waals surface area contributed by atoms with Gasteiger partial charge in [0.25, 0.3) is 0 Å². The Morgan fingerprint density at radius 1 is 0.724 bits per heavy atom. The average molecular weight is 406 g/mol. The molecular weight excluding hydrogens is 394 g/mol. The van der Waals surface area contributed by atoms with Crippen molar-refractivity contribution in [1.82, 2.24) is 0 Å². The van der Waals surface area contributed by atoms with Crippen LogP contribution in [0.2, 0.25) is 0 Å². The highest BCUT2D eigenvalue weighted by molar-refractivity contribution is 6.03. The van der Waals surface area contributed by atoms with E-state index in [0.717, 1.165) is 17.1 Å². The molecule has 1 atom stereocenters. The van der Waals surface area contributed by atoms with Gasteiger partial charge in [-0.15, -0.1) is 0 Å². The van der Waals surface area contributed by atoms with Crippen LogP contribution in [0.15, 0.2) is 59.7 Å². The van der Waals surface area contributed by atoms with Crippen LogP contribution in [0, 0.1) is 34.9 Å². The Labute approximate surface area is 161 Å². The number of halogens is 6. The zero-order valence-electron chi connectivity index (χ0n) is 14.6. The van der Waals surface area contributed by atoms with Gasteiger partial charge in [0.1, 0.15) is 17.3 Å². The first kappa shape index (κ1) is 19.0. The van der Waals surface area contributed by atoms with Crippen molar-refractivity contribution in [2.24, 2.45) is 5.10 Å². The summed E-state index contributed by atoms with van der Waals surface area (Å²) in [5, 5.41) is 5.00.